The number of anilines is 3. The molecule has 21 heavy (non-hydrogen) atoms. The van der Waals surface area contributed by atoms with Crippen LogP contribution in [-0.2, 0) is 0 Å². The Kier molecular flexibility index (Phi) is 3.41. The molecule has 0 unspecified atom stereocenters. The summed E-state index contributed by atoms with van der Waals surface area (Å²) in [5.41, 5.74) is 4.50. The number of benzene rings is 2. The maximum absolute atomic E-state index is 5.50. The fraction of sp³-hybridized carbons (Fsp3) is 0.125. The van der Waals surface area contributed by atoms with Crippen molar-refractivity contribution < 1.29 is 0 Å². The van der Waals surface area contributed by atoms with E-state index >= 15 is 0 Å². The lowest BCUT2D eigenvalue weighted by atomic mass is 10.1. The molecule has 1 aromatic heterocycles. The highest BCUT2D eigenvalue weighted by Gasteiger charge is 2.09. The molecule has 0 radical (unpaired) electrons. The Balaban J connectivity index is 2.09. The first-order valence-electron chi connectivity index (χ1n) is 6.75. The van der Waals surface area contributed by atoms with Gasteiger partial charge in [0, 0.05) is 16.6 Å². The third kappa shape index (κ3) is 2.51. The zero-order chi connectivity index (χ0) is 14.8. The number of rotatable bonds is 3. The summed E-state index contributed by atoms with van der Waals surface area (Å²) in [6, 6.07) is 14.4. The van der Waals surface area contributed by atoms with Crippen molar-refractivity contribution in [2.75, 3.05) is 10.7 Å². The van der Waals surface area contributed by atoms with Crippen LogP contribution < -0.4 is 16.6 Å². The Hall–Kier alpha value is -2.66. The number of hydrazine groups is 1. The van der Waals surface area contributed by atoms with Crippen molar-refractivity contribution in [2.24, 2.45) is 5.84 Å². The summed E-state index contributed by atoms with van der Waals surface area (Å²) in [4.78, 5) is 8.73. The highest BCUT2D eigenvalue weighted by molar-refractivity contribution is 5.95. The Labute approximate surface area is 123 Å². The van der Waals surface area contributed by atoms with Gasteiger partial charge in [0.2, 0.25) is 0 Å². The number of nitrogens with two attached hydrogens (primary N) is 1. The second kappa shape index (κ2) is 5.38. The molecular formula is C16H17N5. The largest absolute Gasteiger partial charge is 0.339 e. The van der Waals surface area contributed by atoms with Gasteiger partial charge >= 0.3 is 0 Å². The number of aromatic nitrogens is 2. The van der Waals surface area contributed by atoms with E-state index in [0.717, 1.165) is 22.5 Å². The number of hydrogen-bond acceptors (Lipinski definition) is 5. The molecule has 3 rings (SSSR count). The summed E-state index contributed by atoms with van der Waals surface area (Å²) in [7, 11) is 0. The third-order valence-electron chi connectivity index (χ3n) is 3.44. The molecule has 0 aliphatic rings. The Morgan fingerprint density at radius 3 is 2.43 bits per heavy atom. The quantitative estimate of drug-likeness (QED) is 0.506. The van der Waals surface area contributed by atoms with Gasteiger partial charge in [0.25, 0.3) is 0 Å². The van der Waals surface area contributed by atoms with Crippen LogP contribution in [0.5, 0.6) is 0 Å². The van der Waals surface area contributed by atoms with Crippen LogP contribution >= 0.6 is 0 Å². The molecule has 0 bridgehead atoms. The minimum absolute atomic E-state index is 0.630. The molecule has 0 aliphatic carbocycles. The zero-order valence-electron chi connectivity index (χ0n) is 12.0. The number of nitrogens with zero attached hydrogens (tertiary/aromatic N) is 2. The van der Waals surface area contributed by atoms with Crippen LogP contribution in [-0.4, -0.2) is 9.97 Å². The van der Waals surface area contributed by atoms with E-state index in [1.807, 2.05) is 38.1 Å². The molecule has 0 saturated carbocycles. The van der Waals surface area contributed by atoms with Crippen molar-refractivity contribution in [1.82, 2.24) is 9.97 Å². The summed E-state index contributed by atoms with van der Waals surface area (Å²) in [5.74, 6) is 7.55. The van der Waals surface area contributed by atoms with Gasteiger partial charge in [-0.3, -0.25) is 0 Å². The lowest BCUT2D eigenvalue weighted by Gasteiger charge is -2.14. The standard InChI is InChI=1S/C16H17N5/c1-10-15(18-11(2)19-16(10)21-17)20-14-9-5-7-12-6-3-4-8-13(12)14/h3-9H,17H2,1-2H3,(H2,18,19,20,21). The van der Waals surface area contributed by atoms with Gasteiger partial charge in [0.15, 0.2) is 0 Å². The Bertz CT molecular complexity index is 793. The Morgan fingerprint density at radius 2 is 1.62 bits per heavy atom. The number of nitrogen functional groups attached to an aromatic ring is 1. The van der Waals surface area contributed by atoms with Gasteiger partial charge in [-0.1, -0.05) is 36.4 Å². The van der Waals surface area contributed by atoms with E-state index in [2.05, 4.69) is 38.9 Å². The maximum atomic E-state index is 5.50. The van der Waals surface area contributed by atoms with E-state index in [-0.39, 0.29) is 0 Å². The third-order valence-corrected chi connectivity index (χ3v) is 3.44. The molecule has 0 fully saturated rings. The predicted octanol–water partition coefficient (Wildman–Crippen LogP) is 3.28. The number of nitrogens with one attached hydrogen (secondary N) is 2. The minimum atomic E-state index is 0.630. The molecule has 0 aliphatic heterocycles. The first-order chi connectivity index (χ1) is 10.2. The van der Waals surface area contributed by atoms with Crippen LogP contribution in [0.4, 0.5) is 17.3 Å². The Morgan fingerprint density at radius 1 is 0.905 bits per heavy atom. The van der Waals surface area contributed by atoms with Gasteiger partial charge in [-0.25, -0.2) is 15.8 Å². The first kappa shape index (κ1) is 13.3. The van der Waals surface area contributed by atoms with E-state index in [9.17, 15) is 0 Å². The molecule has 1 heterocycles. The lowest BCUT2D eigenvalue weighted by Crippen LogP contribution is -2.13. The van der Waals surface area contributed by atoms with E-state index in [1.54, 1.807) is 0 Å². The predicted molar refractivity (Wildman–Crippen MR) is 86.5 cm³/mol. The van der Waals surface area contributed by atoms with Crippen molar-refractivity contribution >= 4 is 28.1 Å². The zero-order valence-corrected chi connectivity index (χ0v) is 12.0. The van der Waals surface area contributed by atoms with Crippen LogP contribution in [0.15, 0.2) is 42.5 Å². The van der Waals surface area contributed by atoms with Crippen molar-refractivity contribution in [3.05, 3.63) is 53.9 Å². The van der Waals surface area contributed by atoms with Crippen LogP contribution in [0.1, 0.15) is 11.4 Å². The van der Waals surface area contributed by atoms with Gasteiger partial charge in [-0.05, 0) is 25.3 Å². The smallest absolute Gasteiger partial charge is 0.148 e. The van der Waals surface area contributed by atoms with E-state index in [4.69, 9.17) is 5.84 Å². The van der Waals surface area contributed by atoms with Gasteiger partial charge in [0.1, 0.15) is 17.5 Å². The SMILES string of the molecule is Cc1nc(NN)c(C)c(Nc2cccc3ccccc23)n1. The molecular weight excluding hydrogens is 262 g/mol. The van der Waals surface area contributed by atoms with Crippen molar-refractivity contribution in [2.45, 2.75) is 13.8 Å². The van der Waals surface area contributed by atoms with Crippen LogP contribution in [0.25, 0.3) is 10.8 Å². The fourth-order valence-electron chi connectivity index (χ4n) is 2.35. The molecule has 4 N–H and O–H groups in total. The van der Waals surface area contributed by atoms with Crippen LogP contribution in [0.2, 0.25) is 0 Å². The molecule has 0 spiro atoms. The van der Waals surface area contributed by atoms with E-state index < -0.39 is 0 Å². The molecule has 3 aromatic rings. The van der Waals surface area contributed by atoms with Gasteiger partial charge < -0.3 is 10.7 Å². The summed E-state index contributed by atoms with van der Waals surface area (Å²) < 4.78 is 0. The maximum Gasteiger partial charge on any atom is 0.148 e. The average molecular weight is 279 g/mol. The van der Waals surface area contributed by atoms with Gasteiger partial charge in [-0.2, -0.15) is 0 Å². The monoisotopic (exact) mass is 279 g/mol. The highest BCUT2D eigenvalue weighted by Crippen LogP contribution is 2.28. The van der Waals surface area contributed by atoms with Gasteiger partial charge in [-0.15, -0.1) is 0 Å². The minimum Gasteiger partial charge on any atom is -0.339 e. The van der Waals surface area contributed by atoms with Crippen molar-refractivity contribution in [1.29, 1.82) is 0 Å². The van der Waals surface area contributed by atoms with Crippen LogP contribution in [0.3, 0.4) is 0 Å². The average Bonchev–Trinajstić information content (AvgIpc) is 2.51. The second-order valence-electron chi connectivity index (χ2n) is 4.89. The summed E-state index contributed by atoms with van der Waals surface area (Å²) in [6.45, 7) is 3.77. The number of aryl methyl sites for hydroxylation is 1. The van der Waals surface area contributed by atoms with E-state index in [1.165, 1.54) is 5.39 Å². The van der Waals surface area contributed by atoms with Crippen LogP contribution in [0, 0.1) is 13.8 Å². The highest BCUT2D eigenvalue weighted by atomic mass is 15.3. The number of fused-ring (bicyclic) bond motifs is 1. The van der Waals surface area contributed by atoms with Crippen molar-refractivity contribution in [3.63, 3.8) is 0 Å². The summed E-state index contributed by atoms with van der Waals surface area (Å²) in [6.07, 6.45) is 0. The molecule has 0 atom stereocenters. The summed E-state index contributed by atoms with van der Waals surface area (Å²) in [5, 5.41) is 5.72. The molecule has 2 aromatic carbocycles. The first-order valence-corrected chi connectivity index (χ1v) is 6.75. The van der Waals surface area contributed by atoms with Crippen molar-refractivity contribution in [3.8, 4) is 0 Å². The lowest BCUT2D eigenvalue weighted by molar-refractivity contribution is 1.03. The number of hydrogen-bond donors (Lipinski definition) is 3. The topological polar surface area (TPSA) is 75.9 Å². The fourth-order valence-corrected chi connectivity index (χ4v) is 2.35. The molecule has 0 amide bonds. The molecule has 5 heteroatoms. The molecule has 5 nitrogen and oxygen atoms in total. The summed E-state index contributed by atoms with van der Waals surface area (Å²) >= 11 is 0. The molecule has 0 saturated heterocycles. The second-order valence-corrected chi connectivity index (χ2v) is 4.89. The van der Waals surface area contributed by atoms with Gasteiger partial charge in [0.05, 0.1) is 0 Å². The normalized spacial score (nSPS) is 10.6. The van der Waals surface area contributed by atoms with E-state index in [0.29, 0.717) is 11.6 Å². The molecule has 106 valence electrons.